The Kier molecular flexibility index (Phi) is 5.97. The number of carbonyl (C=O) groups is 1. The third kappa shape index (κ3) is 4.22. The molecule has 0 spiro atoms. The van der Waals surface area contributed by atoms with Crippen LogP contribution in [0.5, 0.6) is 11.5 Å². The van der Waals surface area contributed by atoms with E-state index in [2.05, 4.69) is 10.3 Å². The molecule has 0 saturated carbocycles. The molecule has 0 radical (unpaired) electrons. The molecule has 11 nitrogen and oxygen atoms in total. The van der Waals surface area contributed by atoms with Gasteiger partial charge in [0.2, 0.25) is 5.75 Å². The average molecular weight is 430 g/mol. The van der Waals surface area contributed by atoms with Gasteiger partial charge in [0.15, 0.2) is 5.17 Å². The van der Waals surface area contributed by atoms with Crippen molar-refractivity contribution in [2.45, 2.75) is 0 Å². The number of nitrogens with one attached hydrogen (secondary N) is 1. The summed E-state index contributed by atoms with van der Waals surface area (Å²) in [7, 11) is 2.69. The molecule has 3 rings (SSSR count). The van der Waals surface area contributed by atoms with Gasteiger partial charge < -0.3 is 14.8 Å². The third-order valence-electron chi connectivity index (χ3n) is 3.94. The number of benzene rings is 2. The summed E-state index contributed by atoms with van der Waals surface area (Å²) in [6.07, 6.45) is 1.28. The fourth-order valence-corrected chi connectivity index (χ4v) is 3.47. The molecule has 2 aromatic carbocycles. The van der Waals surface area contributed by atoms with E-state index in [4.69, 9.17) is 9.47 Å². The Labute approximate surface area is 173 Å². The summed E-state index contributed by atoms with van der Waals surface area (Å²) < 4.78 is 10.3. The van der Waals surface area contributed by atoms with Gasteiger partial charge in [0, 0.05) is 11.6 Å². The fraction of sp³-hybridized carbons (Fsp3) is 0.111. The van der Waals surface area contributed by atoms with Crippen molar-refractivity contribution in [3.63, 3.8) is 0 Å². The van der Waals surface area contributed by atoms with Crippen LogP contribution in [0.15, 0.2) is 46.3 Å². The first-order chi connectivity index (χ1) is 14.3. The maximum absolute atomic E-state index is 12.4. The first-order valence-corrected chi connectivity index (χ1v) is 9.09. The standard InChI is InChI=1S/C18H14N4O7S/c1-28-14-6-4-3-5-12(14)19-18-20-17(23)15(30-18)8-10-7-11(21(24)25)9-13(22(26)27)16(10)29-2/h3-9H,1-2H3,(H,19,20,23)/b15-8-. The molecule has 30 heavy (non-hydrogen) atoms. The van der Waals surface area contributed by atoms with E-state index in [-0.39, 0.29) is 21.4 Å². The Morgan fingerprint density at radius 3 is 2.47 bits per heavy atom. The van der Waals surface area contributed by atoms with Crippen LogP contribution in [-0.4, -0.2) is 35.1 Å². The van der Waals surface area contributed by atoms with Crippen LogP contribution in [0, 0.1) is 20.2 Å². The van der Waals surface area contributed by atoms with Crippen molar-refractivity contribution in [3.8, 4) is 11.5 Å². The van der Waals surface area contributed by atoms with E-state index < -0.39 is 27.1 Å². The predicted octanol–water partition coefficient (Wildman–Crippen LogP) is 3.41. The van der Waals surface area contributed by atoms with E-state index in [0.29, 0.717) is 11.4 Å². The topological polar surface area (TPSA) is 146 Å². The molecule has 1 aliphatic rings. The highest BCUT2D eigenvalue weighted by molar-refractivity contribution is 8.18. The fourth-order valence-electron chi connectivity index (χ4n) is 2.64. The van der Waals surface area contributed by atoms with E-state index in [0.717, 1.165) is 23.9 Å². The number of nitrogens with zero attached hydrogens (tertiary/aromatic N) is 3. The first kappa shape index (κ1) is 20.8. The van der Waals surface area contributed by atoms with Crippen molar-refractivity contribution >= 4 is 46.0 Å². The predicted molar refractivity (Wildman–Crippen MR) is 110 cm³/mol. The maximum atomic E-state index is 12.4. The normalized spacial score (nSPS) is 15.9. The largest absolute Gasteiger partial charge is 0.494 e. The molecule has 2 aromatic rings. The number of thioether (sulfide) groups is 1. The van der Waals surface area contributed by atoms with Crippen molar-refractivity contribution < 1.29 is 24.1 Å². The summed E-state index contributed by atoms with van der Waals surface area (Å²) in [5.74, 6) is -0.195. The zero-order valence-corrected chi connectivity index (χ0v) is 16.5. The number of amides is 1. The molecule has 0 bridgehead atoms. The lowest BCUT2D eigenvalue weighted by molar-refractivity contribution is -0.394. The summed E-state index contributed by atoms with van der Waals surface area (Å²) in [6, 6.07) is 8.85. The highest BCUT2D eigenvalue weighted by Gasteiger charge is 2.28. The molecular weight excluding hydrogens is 416 g/mol. The second-order valence-electron chi connectivity index (χ2n) is 5.76. The van der Waals surface area contributed by atoms with Crippen molar-refractivity contribution in [1.29, 1.82) is 0 Å². The number of hydrogen-bond donors (Lipinski definition) is 1. The molecular formula is C18H14N4O7S. The second-order valence-corrected chi connectivity index (χ2v) is 6.79. The lowest BCUT2D eigenvalue weighted by atomic mass is 10.1. The highest BCUT2D eigenvalue weighted by atomic mass is 32.2. The van der Waals surface area contributed by atoms with Crippen LogP contribution in [0.4, 0.5) is 17.1 Å². The molecule has 12 heteroatoms. The smallest absolute Gasteiger partial charge is 0.318 e. The van der Waals surface area contributed by atoms with Gasteiger partial charge in [0.05, 0.1) is 35.0 Å². The number of amidine groups is 1. The number of methoxy groups -OCH3 is 2. The van der Waals surface area contributed by atoms with Gasteiger partial charge in [0.1, 0.15) is 11.4 Å². The van der Waals surface area contributed by atoms with Gasteiger partial charge >= 0.3 is 5.69 Å². The van der Waals surface area contributed by atoms with Crippen molar-refractivity contribution in [3.05, 3.63) is 67.1 Å². The number of aliphatic imine (C=N–C) groups is 1. The number of carbonyl (C=O) groups excluding carboxylic acids is 1. The van der Waals surface area contributed by atoms with Gasteiger partial charge in [0.25, 0.3) is 11.6 Å². The zero-order valence-electron chi connectivity index (χ0n) is 15.6. The van der Waals surface area contributed by atoms with Crippen molar-refractivity contribution in [2.24, 2.45) is 4.99 Å². The molecule has 0 aromatic heterocycles. The zero-order chi connectivity index (χ0) is 21.8. The van der Waals surface area contributed by atoms with Crippen molar-refractivity contribution in [2.75, 3.05) is 14.2 Å². The number of nitro groups is 2. The number of non-ortho nitro benzene ring substituents is 1. The van der Waals surface area contributed by atoms with Gasteiger partial charge in [-0.1, -0.05) is 12.1 Å². The van der Waals surface area contributed by atoms with Crippen molar-refractivity contribution in [1.82, 2.24) is 5.32 Å². The van der Waals surface area contributed by atoms with E-state index in [9.17, 15) is 25.0 Å². The summed E-state index contributed by atoms with van der Waals surface area (Å²) >= 11 is 0.975. The Morgan fingerprint density at radius 1 is 1.10 bits per heavy atom. The number of ether oxygens (including phenoxy) is 2. The minimum absolute atomic E-state index is 0.0228. The first-order valence-electron chi connectivity index (χ1n) is 8.27. The summed E-state index contributed by atoms with van der Waals surface area (Å²) in [4.78, 5) is 37.7. The SMILES string of the molecule is COc1ccccc1N=C1NC(=O)/C(=C/c2cc([N+](=O)[O-])cc([N+](=O)[O-])c2OC)S1. The van der Waals surface area contributed by atoms with E-state index in [1.807, 2.05) is 0 Å². The van der Waals surface area contributed by atoms with Crippen LogP contribution in [0.3, 0.4) is 0 Å². The molecule has 1 aliphatic heterocycles. The van der Waals surface area contributed by atoms with Gasteiger partial charge in [-0.15, -0.1) is 0 Å². The highest BCUT2D eigenvalue weighted by Crippen LogP contribution is 2.39. The molecule has 1 fully saturated rings. The second kappa shape index (κ2) is 8.61. The summed E-state index contributed by atoms with van der Waals surface area (Å²) in [5, 5.41) is 25.3. The van der Waals surface area contributed by atoms with Gasteiger partial charge in [-0.3, -0.25) is 25.0 Å². The molecule has 0 aliphatic carbocycles. The van der Waals surface area contributed by atoms with Crippen LogP contribution < -0.4 is 14.8 Å². The van der Waals surface area contributed by atoms with E-state index >= 15 is 0 Å². The summed E-state index contributed by atoms with van der Waals surface area (Å²) in [6.45, 7) is 0. The maximum Gasteiger partial charge on any atom is 0.318 e. The van der Waals surface area contributed by atoms with Gasteiger partial charge in [-0.2, -0.15) is 0 Å². The quantitative estimate of drug-likeness (QED) is 0.417. The summed E-state index contributed by atoms with van der Waals surface area (Å²) in [5.41, 5.74) is -0.562. The molecule has 1 heterocycles. The number of hydrogen-bond acceptors (Lipinski definition) is 9. The van der Waals surface area contributed by atoms with E-state index in [1.54, 1.807) is 24.3 Å². The molecule has 1 amide bonds. The lowest BCUT2D eigenvalue weighted by Gasteiger charge is -2.06. The monoisotopic (exact) mass is 430 g/mol. The lowest BCUT2D eigenvalue weighted by Crippen LogP contribution is -2.19. The van der Waals surface area contributed by atoms with Crippen LogP contribution >= 0.6 is 11.8 Å². The van der Waals surface area contributed by atoms with Crippen LogP contribution in [0.2, 0.25) is 0 Å². The average Bonchev–Trinajstić information content (AvgIpc) is 3.06. The minimum atomic E-state index is -0.787. The molecule has 0 atom stereocenters. The Bertz CT molecular complexity index is 1110. The molecule has 1 N–H and O–H groups in total. The number of para-hydroxylation sites is 2. The third-order valence-corrected chi connectivity index (χ3v) is 4.85. The Hall–Kier alpha value is -3.93. The molecule has 1 saturated heterocycles. The van der Waals surface area contributed by atoms with Gasteiger partial charge in [-0.25, -0.2) is 4.99 Å². The van der Waals surface area contributed by atoms with Gasteiger partial charge in [-0.05, 0) is 30.0 Å². The molecule has 154 valence electrons. The minimum Gasteiger partial charge on any atom is -0.494 e. The van der Waals surface area contributed by atoms with E-state index in [1.165, 1.54) is 20.3 Å². The van der Waals surface area contributed by atoms with Crippen LogP contribution in [-0.2, 0) is 4.79 Å². The van der Waals surface area contributed by atoms with Crippen LogP contribution in [0.25, 0.3) is 6.08 Å². The number of rotatable bonds is 6. The molecule has 0 unspecified atom stereocenters. The number of nitro benzene ring substituents is 2. The Morgan fingerprint density at radius 2 is 1.83 bits per heavy atom. The Balaban J connectivity index is 2.03. The van der Waals surface area contributed by atoms with Crippen LogP contribution in [0.1, 0.15) is 5.56 Å².